The zero-order valence-corrected chi connectivity index (χ0v) is 18.1. The highest BCUT2D eigenvalue weighted by Crippen LogP contribution is 2.12. The minimum absolute atomic E-state index is 0.232. The number of nitrogens with one attached hydrogen (secondary N) is 4. The highest BCUT2D eigenvalue weighted by Gasteiger charge is 2.05. The maximum Gasteiger partial charge on any atom is 0.319 e. The van der Waals surface area contributed by atoms with Crippen molar-refractivity contribution in [2.75, 3.05) is 64.4 Å². The van der Waals surface area contributed by atoms with Crippen LogP contribution in [0.4, 0.5) is 21.0 Å². The molecule has 0 atom stereocenters. The normalized spacial score (nSPS) is 10.2. The Balaban J connectivity index is 1.60. The Hall–Kier alpha value is -3.64. The summed E-state index contributed by atoms with van der Waals surface area (Å²) in [4.78, 5) is 32.0. The van der Waals surface area contributed by atoms with Crippen molar-refractivity contribution in [1.82, 2.24) is 20.6 Å². The van der Waals surface area contributed by atoms with E-state index in [0.29, 0.717) is 49.6 Å². The molecule has 0 aromatic carbocycles. The van der Waals surface area contributed by atoms with Gasteiger partial charge in [-0.2, -0.15) is 0 Å². The summed E-state index contributed by atoms with van der Waals surface area (Å²) in [5.74, 6) is 0.873. The van der Waals surface area contributed by atoms with Gasteiger partial charge in [-0.05, 0) is 12.1 Å². The quantitative estimate of drug-likeness (QED) is 0.337. The van der Waals surface area contributed by atoms with E-state index in [1.807, 2.05) is 0 Å². The van der Waals surface area contributed by atoms with Gasteiger partial charge in [-0.1, -0.05) is 0 Å². The summed E-state index contributed by atoms with van der Waals surface area (Å²) in [5, 5.41) is 10.5. The highest BCUT2D eigenvalue weighted by atomic mass is 16.5. The second-order valence-electron chi connectivity index (χ2n) is 6.21. The molecule has 0 aliphatic rings. The van der Waals surface area contributed by atoms with Crippen molar-refractivity contribution in [1.29, 1.82) is 0 Å². The molecule has 2 heterocycles. The van der Waals surface area contributed by atoms with Crippen LogP contribution >= 0.6 is 0 Å². The fourth-order valence-corrected chi connectivity index (χ4v) is 2.24. The number of ether oxygens (including phenoxy) is 4. The van der Waals surface area contributed by atoms with Crippen molar-refractivity contribution < 1.29 is 28.5 Å². The van der Waals surface area contributed by atoms with Crippen molar-refractivity contribution >= 4 is 23.4 Å². The molecule has 2 aromatic heterocycles. The van der Waals surface area contributed by atoms with E-state index in [1.54, 1.807) is 38.5 Å². The van der Waals surface area contributed by atoms with Crippen molar-refractivity contribution in [2.45, 2.75) is 0 Å². The first kappa shape index (κ1) is 24.6. The number of carbonyl (C=O) groups excluding carboxylic acids is 2. The van der Waals surface area contributed by atoms with Crippen LogP contribution in [-0.2, 0) is 9.47 Å². The molecule has 0 saturated heterocycles. The van der Waals surface area contributed by atoms with Gasteiger partial charge < -0.3 is 40.2 Å². The van der Waals surface area contributed by atoms with E-state index in [9.17, 15) is 9.59 Å². The predicted molar refractivity (Wildman–Crippen MR) is 117 cm³/mol. The third-order valence-electron chi connectivity index (χ3n) is 3.76. The molecule has 0 radical (unpaired) electrons. The molecule has 0 saturated carbocycles. The maximum absolute atomic E-state index is 11.9. The molecule has 0 aliphatic heterocycles. The number of nitrogens with zero attached hydrogens (tertiary/aromatic N) is 2. The lowest BCUT2D eigenvalue weighted by Crippen LogP contribution is -2.38. The molecule has 2 aromatic rings. The van der Waals surface area contributed by atoms with E-state index in [4.69, 9.17) is 18.9 Å². The molecule has 0 bridgehead atoms. The number of aromatic nitrogens is 2. The Kier molecular flexibility index (Phi) is 11.1. The molecule has 12 heteroatoms. The maximum atomic E-state index is 11.9. The zero-order valence-electron chi connectivity index (χ0n) is 18.1. The standard InChI is InChI=1S/C20H28N6O6/c1-29-9-11-31-17-5-3-15(13-23-17)25-19(27)21-7-8-22-20(28)26-16-4-6-18(24-14-16)32-12-10-30-2/h3-6,13-14H,7-12H2,1-2H3,(H2,21,25,27)(H2,22,26,28). The van der Waals surface area contributed by atoms with Gasteiger partial charge in [-0.3, -0.25) is 0 Å². The lowest BCUT2D eigenvalue weighted by molar-refractivity contribution is 0.144. The predicted octanol–water partition coefficient (Wildman–Crippen LogP) is 1.47. The summed E-state index contributed by atoms with van der Waals surface area (Å²) in [6.45, 7) is 2.17. The third kappa shape index (κ3) is 9.91. The lowest BCUT2D eigenvalue weighted by Gasteiger charge is -2.10. The second kappa shape index (κ2) is 14.4. The highest BCUT2D eigenvalue weighted by molar-refractivity contribution is 5.90. The number of carbonyl (C=O) groups is 2. The second-order valence-corrected chi connectivity index (χ2v) is 6.21. The van der Waals surface area contributed by atoms with E-state index >= 15 is 0 Å². The van der Waals surface area contributed by atoms with Gasteiger partial charge in [-0.25, -0.2) is 19.6 Å². The topological polar surface area (TPSA) is 145 Å². The first-order chi connectivity index (χ1) is 15.6. The molecule has 0 unspecified atom stereocenters. The molecule has 4 N–H and O–H groups in total. The number of amides is 4. The Bertz CT molecular complexity index is 749. The molecule has 32 heavy (non-hydrogen) atoms. The number of rotatable bonds is 13. The van der Waals surface area contributed by atoms with Gasteiger partial charge >= 0.3 is 12.1 Å². The molecule has 0 fully saturated rings. The van der Waals surface area contributed by atoms with Crippen molar-refractivity contribution in [2.24, 2.45) is 0 Å². The minimum atomic E-state index is -0.421. The summed E-state index contributed by atoms with van der Waals surface area (Å²) in [5.41, 5.74) is 1.02. The number of urea groups is 2. The minimum Gasteiger partial charge on any atom is -0.475 e. The molecular weight excluding hydrogens is 420 g/mol. The third-order valence-corrected chi connectivity index (χ3v) is 3.76. The largest absolute Gasteiger partial charge is 0.475 e. The van der Waals surface area contributed by atoms with Crippen LogP contribution in [0.1, 0.15) is 0 Å². The number of hydrogen-bond donors (Lipinski definition) is 4. The smallest absolute Gasteiger partial charge is 0.319 e. The Labute approximate surface area is 186 Å². The van der Waals surface area contributed by atoms with Gasteiger partial charge in [0.1, 0.15) is 13.2 Å². The molecule has 0 aliphatic carbocycles. The summed E-state index contributed by atoms with van der Waals surface area (Å²) in [7, 11) is 3.17. The number of hydrogen-bond acceptors (Lipinski definition) is 8. The van der Waals surface area contributed by atoms with Crippen LogP contribution < -0.4 is 30.7 Å². The van der Waals surface area contributed by atoms with Gasteiger partial charge in [0.15, 0.2) is 0 Å². The average molecular weight is 448 g/mol. The summed E-state index contributed by atoms with van der Waals surface area (Å²) in [6, 6.07) is 5.78. The van der Waals surface area contributed by atoms with E-state index in [2.05, 4.69) is 31.2 Å². The first-order valence-corrected chi connectivity index (χ1v) is 9.86. The molecular formula is C20H28N6O6. The number of pyridine rings is 2. The van der Waals surface area contributed by atoms with E-state index < -0.39 is 12.1 Å². The van der Waals surface area contributed by atoms with Crippen molar-refractivity contribution in [3.63, 3.8) is 0 Å². The van der Waals surface area contributed by atoms with E-state index in [0.717, 1.165) is 0 Å². The molecule has 12 nitrogen and oxygen atoms in total. The van der Waals surface area contributed by atoms with Crippen LogP contribution in [-0.4, -0.2) is 75.8 Å². The fourth-order valence-electron chi connectivity index (χ4n) is 2.24. The lowest BCUT2D eigenvalue weighted by atomic mass is 10.4. The number of methoxy groups -OCH3 is 2. The van der Waals surface area contributed by atoms with Gasteiger partial charge in [0.25, 0.3) is 0 Å². The van der Waals surface area contributed by atoms with Crippen LogP contribution in [0.2, 0.25) is 0 Å². The van der Waals surface area contributed by atoms with Gasteiger partial charge in [0, 0.05) is 39.4 Å². The number of anilines is 2. The van der Waals surface area contributed by atoms with Crippen LogP contribution in [0.15, 0.2) is 36.7 Å². The Morgan fingerprint density at radius 1 is 0.719 bits per heavy atom. The van der Waals surface area contributed by atoms with Gasteiger partial charge in [0.2, 0.25) is 11.8 Å². The van der Waals surface area contributed by atoms with Gasteiger partial charge in [-0.15, -0.1) is 0 Å². The average Bonchev–Trinajstić information content (AvgIpc) is 2.79. The van der Waals surface area contributed by atoms with Crippen LogP contribution in [0.25, 0.3) is 0 Å². The van der Waals surface area contributed by atoms with E-state index in [-0.39, 0.29) is 13.1 Å². The molecule has 174 valence electrons. The Morgan fingerprint density at radius 2 is 1.16 bits per heavy atom. The summed E-state index contributed by atoms with van der Waals surface area (Å²) < 4.78 is 20.5. The Morgan fingerprint density at radius 3 is 1.50 bits per heavy atom. The van der Waals surface area contributed by atoms with Crippen LogP contribution in [0.5, 0.6) is 11.8 Å². The zero-order chi connectivity index (χ0) is 23.0. The van der Waals surface area contributed by atoms with Crippen LogP contribution in [0, 0.1) is 0 Å². The molecule has 0 spiro atoms. The molecule has 2 rings (SSSR count). The van der Waals surface area contributed by atoms with Crippen molar-refractivity contribution in [3.05, 3.63) is 36.7 Å². The summed E-state index contributed by atoms with van der Waals surface area (Å²) >= 11 is 0. The first-order valence-electron chi connectivity index (χ1n) is 9.86. The van der Waals surface area contributed by atoms with Crippen LogP contribution in [0.3, 0.4) is 0 Å². The molecule has 4 amide bonds. The van der Waals surface area contributed by atoms with E-state index in [1.165, 1.54) is 12.4 Å². The SMILES string of the molecule is COCCOc1ccc(NC(=O)NCCNC(=O)Nc2ccc(OCCOC)nc2)cn1. The van der Waals surface area contributed by atoms with Gasteiger partial charge in [0.05, 0.1) is 37.0 Å². The monoisotopic (exact) mass is 448 g/mol. The fraction of sp³-hybridized carbons (Fsp3) is 0.400. The van der Waals surface area contributed by atoms with Crippen molar-refractivity contribution in [3.8, 4) is 11.8 Å². The summed E-state index contributed by atoms with van der Waals surface area (Å²) in [6.07, 6.45) is 2.96.